The van der Waals surface area contributed by atoms with E-state index in [1.54, 1.807) is 7.11 Å². The molecule has 2 rings (SSSR count). The van der Waals surface area contributed by atoms with E-state index in [1.165, 1.54) is 0 Å². The fraction of sp³-hybridized carbons (Fsp3) is 0.625. The first kappa shape index (κ1) is 14.8. The zero-order chi connectivity index (χ0) is 14.1. The van der Waals surface area contributed by atoms with E-state index < -0.39 is 11.7 Å². The van der Waals surface area contributed by atoms with Crippen molar-refractivity contribution in [2.24, 2.45) is 5.41 Å². The van der Waals surface area contributed by atoms with Crippen molar-refractivity contribution in [2.75, 3.05) is 7.11 Å². The molecule has 0 bridgehead atoms. The summed E-state index contributed by atoms with van der Waals surface area (Å²) in [6.07, 6.45) is 3.18. The number of aliphatic hydroxyl groups excluding tert-OH is 1. The molecule has 19 heavy (non-hydrogen) atoms. The van der Waals surface area contributed by atoms with Crippen LogP contribution in [-0.2, 0) is 4.74 Å². The predicted molar refractivity (Wildman–Crippen MR) is 78.4 cm³/mol. The zero-order valence-electron chi connectivity index (χ0n) is 11.9. The van der Waals surface area contributed by atoms with Gasteiger partial charge in [-0.3, -0.25) is 0 Å². The molecule has 1 unspecified atom stereocenters. The Balaban J connectivity index is 2.25. The molecule has 1 aromatic carbocycles. The van der Waals surface area contributed by atoms with Gasteiger partial charge in [0.25, 0.3) is 0 Å². The van der Waals surface area contributed by atoms with Crippen LogP contribution < -0.4 is 0 Å². The fourth-order valence-corrected chi connectivity index (χ4v) is 3.16. The van der Waals surface area contributed by atoms with Crippen LogP contribution >= 0.6 is 11.6 Å². The summed E-state index contributed by atoms with van der Waals surface area (Å²) in [5.74, 6) is 0. The average molecular weight is 283 g/mol. The number of hydrogen-bond donors (Lipinski definition) is 1. The molecule has 1 aliphatic rings. The first-order valence-corrected chi connectivity index (χ1v) is 7.26. The van der Waals surface area contributed by atoms with Crippen molar-refractivity contribution in [3.63, 3.8) is 0 Å². The molecule has 0 amide bonds. The first-order valence-electron chi connectivity index (χ1n) is 6.88. The summed E-state index contributed by atoms with van der Waals surface area (Å²) in [6.45, 7) is 4.54. The minimum atomic E-state index is -0.665. The highest BCUT2D eigenvalue weighted by atomic mass is 35.5. The second-order valence-corrected chi connectivity index (χ2v) is 6.76. The Morgan fingerprint density at radius 3 is 2.26 bits per heavy atom. The summed E-state index contributed by atoms with van der Waals surface area (Å²) in [6, 6.07) is 7.48. The highest BCUT2D eigenvalue weighted by Crippen LogP contribution is 2.48. The van der Waals surface area contributed by atoms with Gasteiger partial charge in [-0.05, 0) is 37.2 Å². The van der Waals surface area contributed by atoms with E-state index in [2.05, 4.69) is 13.8 Å². The lowest BCUT2D eigenvalue weighted by Crippen LogP contribution is -2.44. The smallest absolute Gasteiger partial charge is 0.109 e. The van der Waals surface area contributed by atoms with E-state index >= 15 is 0 Å². The molecule has 2 nitrogen and oxygen atoms in total. The van der Waals surface area contributed by atoms with Gasteiger partial charge in [-0.1, -0.05) is 43.6 Å². The molecule has 1 fully saturated rings. The molecule has 1 aliphatic carbocycles. The van der Waals surface area contributed by atoms with E-state index in [0.717, 1.165) is 31.2 Å². The number of ether oxygens (including phenoxy) is 1. The van der Waals surface area contributed by atoms with Crippen LogP contribution in [0.4, 0.5) is 0 Å². The second kappa shape index (κ2) is 5.43. The van der Waals surface area contributed by atoms with Gasteiger partial charge >= 0.3 is 0 Å². The van der Waals surface area contributed by atoms with Crippen LogP contribution in [0.5, 0.6) is 0 Å². The maximum absolute atomic E-state index is 10.7. The molecule has 106 valence electrons. The third-order valence-electron chi connectivity index (χ3n) is 4.55. The lowest BCUT2D eigenvalue weighted by Gasteiger charge is -2.45. The van der Waals surface area contributed by atoms with E-state index in [9.17, 15) is 5.11 Å². The van der Waals surface area contributed by atoms with Crippen LogP contribution in [0.25, 0.3) is 0 Å². The normalized spacial score (nSPS) is 23.0. The molecule has 3 heteroatoms. The SMILES string of the molecule is COC1(C(O)c2ccccc2Cl)CCC(C)(C)CC1. The summed E-state index contributed by atoms with van der Waals surface area (Å²) in [5.41, 5.74) is 0.605. The standard InChI is InChI=1S/C16H23ClO2/c1-15(2)8-10-16(19-3,11-9-15)14(18)12-6-4-5-7-13(12)17/h4-7,14,18H,8-11H2,1-3H3. The van der Waals surface area contributed by atoms with E-state index in [-0.39, 0.29) is 0 Å². The third-order valence-corrected chi connectivity index (χ3v) is 4.90. The monoisotopic (exact) mass is 282 g/mol. The van der Waals surface area contributed by atoms with Crippen molar-refractivity contribution in [1.82, 2.24) is 0 Å². The number of methoxy groups -OCH3 is 1. The Hall–Kier alpha value is -0.570. The predicted octanol–water partition coefficient (Wildman–Crippen LogP) is 4.36. The molecule has 0 saturated heterocycles. The molecule has 1 aromatic rings. The van der Waals surface area contributed by atoms with Crippen LogP contribution in [0, 0.1) is 5.41 Å². The molecule has 1 N–H and O–H groups in total. The van der Waals surface area contributed by atoms with Gasteiger partial charge < -0.3 is 9.84 Å². The number of rotatable bonds is 3. The van der Waals surface area contributed by atoms with Crippen LogP contribution in [0.15, 0.2) is 24.3 Å². The lowest BCUT2D eigenvalue weighted by molar-refractivity contribution is -0.138. The Morgan fingerprint density at radius 2 is 1.74 bits per heavy atom. The minimum absolute atomic E-state index is 0.336. The van der Waals surface area contributed by atoms with Crippen LogP contribution in [-0.4, -0.2) is 17.8 Å². The van der Waals surface area contributed by atoms with E-state index in [4.69, 9.17) is 16.3 Å². The maximum Gasteiger partial charge on any atom is 0.109 e. The molecular formula is C16H23ClO2. The number of benzene rings is 1. The topological polar surface area (TPSA) is 29.5 Å². The summed E-state index contributed by atoms with van der Waals surface area (Å²) < 4.78 is 5.73. The van der Waals surface area contributed by atoms with Crippen molar-refractivity contribution >= 4 is 11.6 Å². The molecule has 0 aromatic heterocycles. The van der Waals surface area contributed by atoms with Crippen LogP contribution in [0.1, 0.15) is 51.2 Å². The van der Waals surface area contributed by atoms with E-state index in [0.29, 0.717) is 10.4 Å². The Labute approximate surface area is 120 Å². The van der Waals surface area contributed by atoms with Gasteiger partial charge in [-0.25, -0.2) is 0 Å². The van der Waals surface area contributed by atoms with E-state index in [1.807, 2.05) is 24.3 Å². The first-order chi connectivity index (χ1) is 8.90. The minimum Gasteiger partial charge on any atom is -0.385 e. The molecule has 1 atom stereocenters. The average Bonchev–Trinajstić information content (AvgIpc) is 2.39. The summed E-state index contributed by atoms with van der Waals surface area (Å²) in [7, 11) is 1.69. The molecule has 0 aliphatic heterocycles. The van der Waals surface area contributed by atoms with Crippen molar-refractivity contribution in [1.29, 1.82) is 0 Å². The van der Waals surface area contributed by atoms with Crippen molar-refractivity contribution < 1.29 is 9.84 Å². The lowest BCUT2D eigenvalue weighted by atomic mass is 9.68. The molecule has 0 spiro atoms. The number of aliphatic hydroxyl groups is 1. The van der Waals surface area contributed by atoms with Gasteiger partial charge in [0.1, 0.15) is 6.10 Å². The maximum atomic E-state index is 10.7. The Morgan fingerprint density at radius 1 is 1.16 bits per heavy atom. The quantitative estimate of drug-likeness (QED) is 0.893. The van der Waals surface area contributed by atoms with Crippen LogP contribution in [0.3, 0.4) is 0 Å². The van der Waals surface area contributed by atoms with Crippen molar-refractivity contribution in [3.05, 3.63) is 34.9 Å². The Bertz CT molecular complexity index is 432. The largest absolute Gasteiger partial charge is 0.385 e. The summed E-state index contributed by atoms with van der Waals surface area (Å²) in [5, 5.41) is 11.3. The molecule has 1 saturated carbocycles. The van der Waals surface area contributed by atoms with Gasteiger partial charge in [0, 0.05) is 17.7 Å². The van der Waals surface area contributed by atoms with Crippen molar-refractivity contribution in [3.8, 4) is 0 Å². The second-order valence-electron chi connectivity index (χ2n) is 6.36. The summed E-state index contributed by atoms with van der Waals surface area (Å²) >= 11 is 6.20. The van der Waals surface area contributed by atoms with Gasteiger partial charge in [0.2, 0.25) is 0 Å². The molecule has 0 heterocycles. The highest BCUT2D eigenvalue weighted by molar-refractivity contribution is 6.31. The van der Waals surface area contributed by atoms with Gasteiger partial charge in [0.15, 0.2) is 0 Å². The third kappa shape index (κ3) is 2.96. The molecule has 0 radical (unpaired) electrons. The van der Waals surface area contributed by atoms with Gasteiger partial charge in [-0.15, -0.1) is 0 Å². The van der Waals surface area contributed by atoms with Crippen LogP contribution in [0.2, 0.25) is 5.02 Å². The van der Waals surface area contributed by atoms with Gasteiger partial charge in [0.05, 0.1) is 5.60 Å². The number of hydrogen-bond acceptors (Lipinski definition) is 2. The summed E-state index contributed by atoms with van der Waals surface area (Å²) in [4.78, 5) is 0. The highest BCUT2D eigenvalue weighted by Gasteiger charge is 2.44. The van der Waals surface area contributed by atoms with Gasteiger partial charge in [-0.2, -0.15) is 0 Å². The zero-order valence-corrected chi connectivity index (χ0v) is 12.7. The van der Waals surface area contributed by atoms with Crippen molar-refractivity contribution in [2.45, 2.75) is 51.2 Å². The number of halogens is 1. The molecular weight excluding hydrogens is 260 g/mol. The Kier molecular flexibility index (Phi) is 4.24. The fourth-order valence-electron chi connectivity index (χ4n) is 2.92.